The van der Waals surface area contributed by atoms with Gasteiger partial charge in [-0.2, -0.15) is 13.2 Å². The van der Waals surface area contributed by atoms with E-state index in [9.17, 15) is 18.0 Å². The lowest BCUT2D eigenvalue weighted by Crippen LogP contribution is -2.34. The van der Waals surface area contributed by atoms with Crippen LogP contribution in [0.4, 0.5) is 13.2 Å². The molecule has 4 rings (SSSR count). The van der Waals surface area contributed by atoms with Crippen molar-refractivity contribution in [3.05, 3.63) is 98.7 Å². The lowest BCUT2D eigenvalue weighted by Gasteiger charge is -2.33. The van der Waals surface area contributed by atoms with Gasteiger partial charge in [0.15, 0.2) is 5.69 Å². The quantitative estimate of drug-likeness (QED) is 0.365. The van der Waals surface area contributed by atoms with Crippen molar-refractivity contribution in [3.8, 4) is 0 Å². The number of aromatic carboxylic acids is 1. The third kappa shape index (κ3) is 9.09. The minimum absolute atomic E-state index is 0.111. The third-order valence-corrected chi connectivity index (χ3v) is 6.91. The first-order chi connectivity index (χ1) is 18.3. The smallest absolute Gasteiger partial charge is 0.434 e. The van der Waals surface area contributed by atoms with Crippen LogP contribution < -0.4 is 10.6 Å². The number of alkyl halides is 3. The molecule has 6 heteroatoms. The maximum absolute atomic E-state index is 12.9. The molecule has 0 unspecified atom stereocenters. The van der Waals surface area contributed by atoms with Gasteiger partial charge in [-0.05, 0) is 68.2 Å². The minimum Gasteiger partial charge on any atom is -0.478 e. The molecule has 1 aliphatic rings. The summed E-state index contributed by atoms with van der Waals surface area (Å²) in [5.74, 6) is 0.139. The number of unbranched alkanes of at least 4 members (excludes halogenated alkanes) is 1. The molecule has 0 saturated heterocycles. The number of nitrogens with zero attached hydrogens (tertiary/aromatic N) is 1. The highest BCUT2D eigenvalue weighted by atomic mass is 19.4. The standard InChI is InChI=1S/C17H14F3NO2.C12H16.C4H10/c1-9-4-6-12(7-5-9)10(2)13-8-14(16(22)23)15(17(18,19)20)21-11(13)3;1-9-3-5-11(6-4-9)12-7-10(2)8-12;1-3-4-2/h4-8H,3H2,1-2H3,(H,22,23);3-6,10,12H,7-8H2,1-2H3;3-4H2,1-2H3/b13-10+;;. The average Bonchev–Trinajstić information content (AvgIpc) is 2.87. The van der Waals surface area contributed by atoms with Crippen LogP contribution in [0.15, 0.2) is 54.6 Å². The molecule has 0 radical (unpaired) electrons. The van der Waals surface area contributed by atoms with Crippen LogP contribution in [0.5, 0.6) is 0 Å². The van der Waals surface area contributed by atoms with Crippen LogP contribution in [0.2, 0.25) is 0 Å². The Bertz CT molecular complexity index is 1340. The van der Waals surface area contributed by atoms with E-state index in [4.69, 9.17) is 5.11 Å². The van der Waals surface area contributed by atoms with E-state index in [0.717, 1.165) is 29.0 Å². The molecule has 1 heterocycles. The summed E-state index contributed by atoms with van der Waals surface area (Å²) in [6.45, 7) is 16.0. The van der Waals surface area contributed by atoms with E-state index < -0.39 is 23.4 Å². The van der Waals surface area contributed by atoms with Crippen LogP contribution in [0.3, 0.4) is 0 Å². The highest BCUT2D eigenvalue weighted by Crippen LogP contribution is 2.41. The number of aryl methyl sites for hydroxylation is 2. The molecule has 1 fully saturated rings. The molecule has 0 spiro atoms. The van der Waals surface area contributed by atoms with Crippen LogP contribution >= 0.6 is 0 Å². The molecule has 3 aromatic rings. The largest absolute Gasteiger partial charge is 0.478 e. The third-order valence-electron chi connectivity index (χ3n) is 6.91. The molecule has 1 aliphatic carbocycles. The van der Waals surface area contributed by atoms with Crippen LogP contribution in [0.1, 0.15) is 97.6 Å². The van der Waals surface area contributed by atoms with Crippen molar-refractivity contribution < 1.29 is 23.1 Å². The highest BCUT2D eigenvalue weighted by molar-refractivity contribution is 5.89. The Morgan fingerprint density at radius 1 is 0.974 bits per heavy atom. The average molecular weight is 540 g/mol. The van der Waals surface area contributed by atoms with Gasteiger partial charge in [-0.1, -0.05) is 99.8 Å². The highest BCUT2D eigenvalue weighted by Gasteiger charge is 2.37. The molecule has 1 N–H and O–H groups in total. The molecule has 39 heavy (non-hydrogen) atoms. The lowest BCUT2D eigenvalue weighted by atomic mass is 9.72. The first-order valence-corrected chi connectivity index (χ1v) is 13.4. The zero-order valence-corrected chi connectivity index (χ0v) is 23.8. The molecule has 1 aromatic heterocycles. The van der Waals surface area contributed by atoms with Crippen molar-refractivity contribution in [1.29, 1.82) is 0 Å². The van der Waals surface area contributed by atoms with Crippen molar-refractivity contribution in [3.63, 3.8) is 0 Å². The summed E-state index contributed by atoms with van der Waals surface area (Å²) in [6.07, 6.45) is 0.572. The van der Waals surface area contributed by atoms with Crippen molar-refractivity contribution in [2.45, 2.75) is 79.3 Å². The van der Waals surface area contributed by atoms with Gasteiger partial charge in [-0.3, -0.25) is 0 Å². The molecule has 0 atom stereocenters. The molecule has 0 amide bonds. The number of carbonyl (C=O) groups is 1. The summed E-state index contributed by atoms with van der Waals surface area (Å²) in [6, 6.07) is 17.3. The van der Waals surface area contributed by atoms with E-state index in [0.29, 0.717) is 5.57 Å². The number of hydrogen-bond donors (Lipinski definition) is 1. The van der Waals surface area contributed by atoms with Gasteiger partial charge in [-0.25, -0.2) is 9.78 Å². The number of rotatable bonds is 4. The fourth-order valence-electron chi connectivity index (χ4n) is 4.23. The van der Waals surface area contributed by atoms with E-state index in [1.807, 2.05) is 31.2 Å². The summed E-state index contributed by atoms with van der Waals surface area (Å²) in [5, 5.41) is 9.23. The van der Waals surface area contributed by atoms with Gasteiger partial charge in [0.05, 0.1) is 10.9 Å². The minimum atomic E-state index is -4.85. The maximum Gasteiger partial charge on any atom is 0.434 e. The van der Waals surface area contributed by atoms with Crippen LogP contribution in [-0.4, -0.2) is 16.1 Å². The van der Waals surface area contributed by atoms with E-state index >= 15 is 0 Å². The second kappa shape index (κ2) is 14.1. The summed E-state index contributed by atoms with van der Waals surface area (Å²) >= 11 is 0. The Kier molecular flexibility index (Phi) is 11.5. The number of pyridine rings is 1. The summed E-state index contributed by atoms with van der Waals surface area (Å²) in [5.41, 5.74) is 3.00. The van der Waals surface area contributed by atoms with E-state index in [1.165, 1.54) is 31.2 Å². The summed E-state index contributed by atoms with van der Waals surface area (Å²) < 4.78 is 38.8. The number of carboxylic acids is 1. The van der Waals surface area contributed by atoms with Crippen LogP contribution in [0.25, 0.3) is 12.2 Å². The second-order valence-corrected chi connectivity index (χ2v) is 10.4. The molecule has 0 bridgehead atoms. The van der Waals surface area contributed by atoms with Gasteiger partial charge >= 0.3 is 12.1 Å². The maximum atomic E-state index is 12.9. The predicted octanol–water partition coefficient (Wildman–Crippen LogP) is 8.05. The summed E-state index contributed by atoms with van der Waals surface area (Å²) in [4.78, 5) is 14.6. The molecule has 3 nitrogen and oxygen atoms in total. The Morgan fingerprint density at radius 2 is 1.46 bits per heavy atom. The number of carboxylic acid groups (broad SMARTS) is 1. The fourth-order valence-corrected chi connectivity index (χ4v) is 4.23. The zero-order valence-electron chi connectivity index (χ0n) is 23.8. The Morgan fingerprint density at radius 3 is 1.87 bits per heavy atom. The van der Waals surface area contributed by atoms with Crippen molar-refractivity contribution in [1.82, 2.24) is 4.98 Å². The van der Waals surface area contributed by atoms with Gasteiger partial charge in [-0.15, -0.1) is 0 Å². The van der Waals surface area contributed by atoms with Gasteiger partial charge in [0, 0.05) is 5.22 Å². The zero-order chi connectivity index (χ0) is 29.3. The van der Waals surface area contributed by atoms with Crippen molar-refractivity contribution >= 4 is 18.1 Å². The SMILES string of the molecule is C=c1nc(C(F)(F)F)c(C(=O)O)c/c1=C(/C)c1ccc(C)cc1.CCCC.Cc1ccc(C2CC(C)C2)cc1. The van der Waals surface area contributed by atoms with E-state index in [2.05, 4.69) is 63.5 Å². The predicted molar refractivity (Wildman–Crippen MR) is 153 cm³/mol. The lowest BCUT2D eigenvalue weighted by molar-refractivity contribution is -0.141. The Labute approximate surface area is 230 Å². The molecule has 1 saturated carbocycles. The van der Waals surface area contributed by atoms with Gasteiger partial charge in [0.1, 0.15) is 0 Å². The Balaban J connectivity index is 0.000000276. The number of benzene rings is 2. The van der Waals surface area contributed by atoms with Gasteiger partial charge in [0.2, 0.25) is 0 Å². The molecule has 0 aliphatic heterocycles. The molecule has 210 valence electrons. The van der Waals surface area contributed by atoms with Gasteiger partial charge < -0.3 is 5.11 Å². The van der Waals surface area contributed by atoms with Crippen LogP contribution in [0, 0.1) is 19.8 Å². The molecular formula is C33H40F3NO2. The topological polar surface area (TPSA) is 50.2 Å². The number of aromatic nitrogens is 1. The fraction of sp³-hybridized carbons (Fsp3) is 0.394. The Hall–Kier alpha value is -3.41. The van der Waals surface area contributed by atoms with Crippen molar-refractivity contribution in [2.24, 2.45) is 5.92 Å². The molecular weight excluding hydrogens is 499 g/mol. The van der Waals surface area contributed by atoms with E-state index in [-0.39, 0.29) is 10.6 Å². The first kappa shape index (κ1) is 31.8. The second-order valence-electron chi connectivity index (χ2n) is 10.4. The number of halogens is 3. The van der Waals surface area contributed by atoms with E-state index in [1.54, 1.807) is 12.5 Å². The molecule has 2 aromatic carbocycles. The normalized spacial score (nSPS) is 17.1. The number of hydrogen-bond acceptors (Lipinski definition) is 2. The van der Waals surface area contributed by atoms with Crippen molar-refractivity contribution in [2.75, 3.05) is 0 Å². The monoisotopic (exact) mass is 539 g/mol. The summed E-state index contributed by atoms with van der Waals surface area (Å²) in [7, 11) is 0. The van der Waals surface area contributed by atoms with Gasteiger partial charge in [0.25, 0.3) is 0 Å². The van der Waals surface area contributed by atoms with Crippen LogP contribution in [-0.2, 0) is 6.18 Å². The first-order valence-electron chi connectivity index (χ1n) is 13.4.